The molecule has 6 heteroatoms. The smallest absolute Gasteiger partial charge is 0.252 e. The first-order chi connectivity index (χ1) is 10.1. The van der Waals surface area contributed by atoms with Gasteiger partial charge in [-0.25, -0.2) is 8.42 Å². The molecule has 0 saturated heterocycles. The number of thiophene rings is 1. The van der Waals surface area contributed by atoms with Gasteiger partial charge >= 0.3 is 0 Å². The van der Waals surface area contributed by atoms with Gasteiger partial charge in [-0.3, -0.25) is 0 Å². The topological polar surface area (TPSA) is 49.4 Å². The summed E-state index contributed by atoms with van der Waals surface area (Å²) in [6.45, 7) is 2.33. The van der Waals surface area contributed by atoms with Gasteiger partial charge in [-0.1, -0.05) is 0 Å². The van der Waals surface area contributed by atoms with Gasteiger partial charge in [0.1, 0.15) is 4.21 Å². The van der Waals surface area contributed by atoms with Crippen molar-refractivity contribution in [3.8, 4) is 0 Å². The van der Waals surface area contributed by atoms with Crippen LogP contribution >= 0.6 is 11.3 Å². The van der Waals surface area contributed by atoms with Crippen molar-refractivity contribution in [1.29, 1.82) is 0 Å². The Bertz CT molecular complexity index is 560. The minimum atomic E-state index is -3.28. The average Bonchev–Trinajstić information content (AvgIpc) is 3.38. The molecule has 1 heterocycles. The van der Waals surface area contributed by atoms with Gasteiger partial charge in [0, 0.05) is 18.0 Å². The summed E-state index contributed by atoms with van der Waals surface area (Å²) in [6.07, 6.45) is 5.65. The fourth-order valence-electron chi connectivity index (χ4n) is 2.45. The highest BCUT2D eigenvalue weighted by molar-refractivity contribution is 7.91. The van der Waals surface area contributed by atoms with Gasteiger partial charge in [0.15, 0.2) is 0 Å². The van der Waals surface area contributed by atoms with E-state index in [0.29, 0.717) is 16.0 Å². The summed E-state index contributed by atoms with van der Waals surface area (Å²) < 4.78 is 28.0. The van der Waals surface area contributed by atoms with E-state index in [-0.39, 0.29) is 0 Å². The number of nitrogens with one attached hydrogen (secondary N) is 1. The number of hydrogen-bond acceptors (Lipinski definition) is 4. The van der Waals surface area contributed by atoms with Crippen LogP contribution in [-0.4, -0.2) is 39.4 Å². The van der Waals surface area contributed by atoms with E-state index >= 15 is 0 Å². The Balaban J connectivity index is 1.73. The van der Waals surface area contributed by atoms with Crippen LogP contribution in [0.15, 0.2) is 16.3 Å². The van der Waals surface area contributed by atoms with E-state index in [9.17, 15) is 8.42 Å². The Labute approximate surface area is 131 Å². The Morgan fingerprint density at radius 3 is 2.33 bits per heavy atom. The number of rotatable bonds is 9. The highest BCUT2D eigenvalue weighted by Crippen LogP contribution is 2.37. The van der Waals surface area contributed by atoms with Crippen LogP contribution < -0.4 is 5.32 Å². The minimum Gasteiger partial charge on any atom is -0.319 e. The van der Waals surface area contributed by atoms with Crippen molar-refractivity contribution in [3.05, 3.63) is 17.0 Å². The number of sulfonamides is 1. The molecule has 1 aromatic heterocycles. The van der Waals surface area contributed by atoms with Gasteiger partial charge in [0.05, 0.1) is 0 Å². The van der Waals surface area contributed by atoms with Crippen molar-refractivity contribution < 1.29 is 8.42 Å². The SMILES string of the molecule is CNCCc1ccc(S(=O)(=O)N(CC2CC2)CC2CC2)s1. The Morgan fingerprint density at radius 1 is 1.19 bits per heavy atom. The Morgan fingerprint density at radius 2 is 1.81 bits per heavy atom. The van der Waals surface area contributed by atoms with E-state index in [2.05, 4.69) is 5.32 Å². The van der Waals surface area contributed by atoms with E-state index in [1.165, 1.54) is 37.0 Å². The highest BCUT2D eigenvalue weighted by Gasteiger charge is 2.36. The van der Waals surface area contributed by atoms with Crippen molar-refractivity contribution >= 4 is 21.4 Å². The third-order valence-corrected chi connectivity index (χ3v) is 7.61. The molecule has 0 atom stereocenters. The molecule has 3 rings (SSSR count). The molecule has 0 radical (unpaired) electrons. The molecule has 1 N–H and O–H groups in total. The zero-order valence-electron chi connectivity index (χ0n) is 12.5. The summed E-state index contributed by atoms with van der Waals surface area (Å²) in [5, 5.41) is 3.10. The molecular weight excluding hydrogens is 304 g/mol. The van der Waals surface area contributed by atoms with Gasteiger partial charge in [0.2, 0.25) is 0 Å². The summed E-state index contributed by atoms with van der Waals surface area (Å²) in [7, 11) is -1.37. The zero-order chi connectivity index (χ0) is 14.9. The number of hydrogen-bond donors (Lipinski definition) is 1. The summed E-state index contributed by atoms with van der Waals surface area (Å²) in [5.74, 6) is 1.20. The molecule has 2 aliphatic rings. The maximum atomic E-state index is 12.9. The molecule has 0 aromatic carbocycles. The zero-order valence-corrected chi connectivity index (χ0v) is 14.2. The minimum absolute atomic E-state index is 0.523. The normalized spacial score (nSPS) is 19.3. The summed E-state index contributed by atoms with van der Waals surface area (Å²) >= 11 is 1.43. The first kappa shape index (κ1) is 15.5. The molecule has 1 aromatic rings. The van der Waals surface area contributed by atoms with Crippen molar-refractivity contribution in [3.63, 3.8) is 0 Å². The lowest BCUT2D eigenvalue weighted by Gasteiger charge is -2.21. The summed E-state index contributed by atoms with van der Waals surface area (Å²) in [6, 6.07) is 3.75. The fraction of sp³-hybridized carbons (Fsp3) is 0.733. The monoisotopic (exact) mass is 328 g/mol. The van der Waals surface area contributed by atoms with Gasteiger partial charge in [-0.05, 0) is 69.7 Å². The molecule has 0 spiro atoms. The molecule has 0 aliphatic heterocycles. The third-order valence-electron chi connectivity index (χ3n) is 4.17. The molecule has 0 unspecified atom stereocenters. The molecule has 2 aliphatic carbocycles. The van der Waals surface area contributed by atoms with Crippen molar-refractivity contribution in [1.82, 2.24) is 9.62 Å². The Hall–Kier alpha value is -0.430. The van der Waals surface area contributed by atoms with Crippen LogP contribution in [0.4, 0.5) is 0 Å². The quantitative estimate of drug-likeness (QED) is 0.757. The lowest BCUT2D eigenvalue weighted by atomic mass is 10.3. The molecule has 21 heavy (non-hydrogen) atoms. The van der Waals surface area contributed by atoms with Gasteiger partial charge in [-0.15, -0.1) is 11.3 Å². The van der Waals surface area contributed by atoms with Crippen LogP contribution in [0.3, 0.4) is 0 Å². The third kappa shape index (κ3) is 4.06. The van der Waals surface area contributed by atoms with Gasteiger partial charge in [-0.2, -0.15) is 4.31 Å². The molecule has 4 nitrogen and oxygen atoms in total. The van der Waals surface area contributed by atoms with Crippen LogP contribution in [0, 0.1) is 11.8 Å². The van der Waals surface area contributed by atoms with E-state index < -0.39 is 10.0 Å². The molecule has 0 bridgehead atoms. The lowest BCUT2D eigenvalue weighted by molar-refractivity contribution is 0.383. The molecule has 118 valence electrons. The predicted molar refractivity (Wildman–Crippen MR) is 86.2 cm³/mol. The lowest BCUT2D eigenvalue weighted by Crippen LogP contribution is -2.34. The summed E-state index contributed by atoms with van der Waals surface area (Å²) in [5.41, 5.74) is 0. The van der Waals surface area contributed by atoms with Crippen LogP contribution in [-0.2, 0) is 16.4 Å². The standard InChI is InChI=1S/C15H24N2O2S2/c1-16-9-8-14-6-7-15(20-14)21(18,19)17(10-12-2-3-12)11-13-4-5-13/h6-7,12-13,16H,2-5,8-11H2,1H3. The maximum Gasteiger partial charge on any atom is 0.252 e. The first-order valence-corrected chi connectivity index (χ1v) is 10.1. The van der Waals surface area contributed by atoms with E-state index in [1.807, 2.05) is 13.1 Å². The molecular formula is C15H24N2O2S2. The highest BCUT2D eigenvalue weighted by atomic mass is 32.2. The van der Waals surface area contributed by atoms with E-state index in [1.54, 1.807) is 10.4 Å². The second-order valence-electron chi connectivity index (χ2n) is 6.28. The Kier molecular flexibility index (Phi) is 4.69. The van der Waals surface area contributed by atoms with E-state index in [4.69, 9.17) is 0 Å². The van der Waals surface area contributed by atoms with Crippen molar-refractivity contribution in [2.75, 3.05) is 26.7 Å². The largest absolute Gasteiger partial charge is 0.319 e. The van der Waals surface area contributed by atoms with E-state index in [0.717, 1.165) is 30.9 Å². The second-order valence-corrected chi connectivity index (χ2v) is 9.62. The van der Waals surface area contributed by atoms with Crippen LogP contribution in [0.25, 0.3) is 0 Å². The van der Waals surface area contributed by atoms with Crippen LogP contribution in [0.5, 0.6) is 0 Å². The van der Waals surface area contributed by atoms with Gasteiger partial charge < -0.3 is 5.32 Å². The van der Waals surface area contributed by atoms with Crippen LogP contribution in [0.2, 0.25) is 0 Å². The van der Waals surface area contributed by atoms with Crippen molar-refractivity contribution in [2.45, 2.75) is 36.3 Å². The first-order valence-electron chi connectivity index (χ1n) is 7.83. The number of nitrogens with zero attached hydrogens (tertiary/aromatic N) is 1. The molecule has 2 saturated carbocycles. The van der Waals surface area contributed by atoms with Crippen LogP contribution in [0.1, 0.15) is 30.6 Å². The summed E-state index contributed by atoms with van der Waals surface area (Å²) in [4.78, 5) is 1.14. The predicted octanol–water partition coefficient (Wildman–Crippen LogP) is 2.32. The maximum absolute atomic E-state index is 12.9. The number of likely N-dealkylation sites (N-methyl/N-ethyl adjacent to an activating group) is 1. The second kappa shape index (κ2) is 6.36. The molecule has 0 amide bonds. The van der Waals surface area contributed by atoms with Crippen molar-refractivity contribution in [2.24, 2.45) is 11.8 Å². The fourth-order valence-corrected chi connectivity index (χ4v) is 5.56. The average molecular weight is 329 g/mol. The van der Waals surface area contributed by atoms with Gasteiger partial charge in [0.25, 0.3) is 10.0 Å². The molecule has 2 fully saturated rings.